The van der Waals surface area contributed by atoms with Crippen LogP contribution in [0.2, 0.25) is 0 Å². The fraction of sp³-hybridized carbons (Fsp3) is 0.632. The van der Waals surface area contributed by atoms with Crippen LogP contribution in [-0.4, -0.2) is 16.0 Å². The predicted molar refractivity (Wildman–Crippen MR) is 98.4 cm³/mol. The van der Waals surface area contributed by atoms with E-state index in [1.54, 1.807) is 11.3 Å². The van der Waals surface area contributed by atoms with Crippen LogP contribution in [0.25, 0.3) is 0 Å². The van der Waals surface area contributed by atoms with Crippen molar-refractivity contribution >= 4 is 17.2 Å². The van der Waals surface area contributed by atoms with Gasteiger partial charge in [-0.15, -0.1) is 11.3 Å². The number of thiophene rings is 1. The first-order valence-corrected chi connectivity index (χ1v) is 10.3. The molecule has 25 heavy (non-hydrogen) atoms. The SMILES string of the molecule is CCCc1noc(CCCC(=O)NC(c2cccs2)C2CCCC2)n1. The van der Waals surface area contributed by atoms with E-state index >= 15 is 0 Å². The summed E-state index contributed by atoms with van der Waals surface area (Å²) in [6, 6.07) is 4.38. The van der Waals surface area contributed by atoms with Crippen molar-refractivity contribution in [2.45, 2.75) is 70.8 Å². The van der Waals surface area contributed by atoms with E-state index in [4.69, 9.17) is 4.52 Å². The first-order valence-electron chi connectivity index (χ1n) is 9.40. The average molecular weight is 362 g/mol. The van der Waals surface area contributed by atoms with Crippen molar-refractivity contribution in [3.8, 4) is 0 Å². The Morgan fingerprint density at radius 1 is 1.40 bits per heavy atom. The van der Waals surface area contributed by atoms with E-state index in [2.05, 4.69) is 39.9 Å². The zero-order chi connectivity index (χ0) is 17.5. The average Bonchev–Trinajstić information content (AvgIpc) is 3.36. The van der Waals surface area contributed by atoms with Gasteiger partial charge in [0, 0.05) is 24.1 Å². The van der Waals surface area contributed by atoms with E-state index in [1.165, 1.54) is 30.6 Å². The van der Waals surface area contributed by atoms with Gasteiger partial charge in [0.25, 0.3) is 0 Å². The third-order valence-corrected chi connectivity index (χ3v) is 5.77. The summed E-state index contributed by atoms with van der Waals surface area (Å²) >= 11 is 1.74. The van der Waals surface area contributed by atoms with Gasteiger partial charge in [-0.05, 0) is 43.0 Å². The molecular formula is C19H27N3O2S. The lowest BCUT2D eigenvalue weighted by atomic mass is 9.96. The maximum absolute atomic E-state index is 12.4. The van der Waals surface area contributed by atoms with Crippen LogP contribution in [0, 0.1) is 5.92 Å². The minimum atomic E-state index is 0.124. The second kappa shape index (κ2) is 9.13. The molecule has 1 aliphatic carbocycles. The highest BCUT2D eigenvalue weighted by molar-refractivity contribution is 7.10. The molecule has 2 heterocycles. The Hall–Kier alpha value is -1.69. The lowest BCUT2D eigenvalue weighted by molar-refractivity contribution is -0.122. The Morgan fingerprint density at radius 2 is 2.24 bits per heavy atom. The monoisotopic (exact) mass is 361 g/mol. The van der Waals surface area contributed by atoms with Crippen molar-refractivity contribution in [2.75, 3.05) is 0 Å². The molecule has 0 aliphatic heterocycles. The van der Waals surface area contributed by atoms with Gasteiger partial charge >= 0.3 is 0 Å². The number of amides is 1. The van der Waals surface area contributed by atoms with Gasteiger partial charge in [-0.25, -0.2) is 0 Å². The largest absolute Gasteiger partial charge is 0.348 e. The molecule has 0 saturated heterocycles. The van der Waals surface area contributed by atoms with Crippen molar-refractivity contribution in [1.82, 2.24) is 15.5 Å². The third kappa shape index (κ3) is 5.14. The van der Waals surface area contributed by atoms with Crippen molar-refractivity contribution in [3.63, 3.8) is 0 Å². The van der Waals surface area contributed by atoms with Gasteiger partial charge in [0.1, 0.15) is 0 Å². The minimum absolute atomic E-state index is 0.124. The zero-order valence-corrected chi connectivity index (χ0v) is 15.7. The molecule has 0 bridgehead atoms. The molecule has 3 rings (SSSR count). The molecule has 1 N–H and O–H groups in total. The minimum Gasteiger partial charge on any atom is -0.348 e. The molecule has 136 valence electrons. The summed E-state index contributed by atoms with van der Waals surface area (Å²) in [5, 5.41) is 9.32. The Labute approximate surface area is 153 Å². The van der Waals surface area contributed by atoms with Crippen LogP contribution >= 0.6 is 11.3 Å². The predicted octanol–water partition coefficient (Wildman–Crippen LogP) is 4.45. The first kappa shape index (κ1) is 18.1. The topological polar surface area (TPSA) is 68.0 Å². The lowest BCUT2D eigenvalue weighted by Gasteiger charge is -2.23. The molecule has 0 radical (unpaired) electrons. The van der Waals surface area contributed by atoms with Gasteiger partial charge in [-0.3, -0.25) is 4.79 Å². The summed E-state index contributed by atoms with van der Waals surface area (Å²) < 4.78 is 5.23. The van der Waals surface area contributed by atoms with Crippen LogP contribution in [-0.2, 0) is 17.6 Å². The molecule has 1 atom stereocenters. The van der Waals surface area contributed by atoms with Gasteiger partial charge in [0.2, 0.25) is 11.8 Å². The number of carbonyl (C=O) groups excluding carboxylic acids is 1. The number of hydrogen-bond donors (Lipinski definition) is 1. The number of aromatic nitrogens is 2. The molecule has 5 nitrogen and oxygen atoms in total. The number of carbonyl (C=O) groups is 1. The quantitative estimate of drug-likeness (QED) is 0.716. The number of aryl methyl sites for hydroxylation is 2. The highest BCUT2D eigenvalue weighted by Gasteiger charge is 2.28. The molecule has 1 fully saturated rings. The normalized spacial score (nSPS) is 16.2. The van der Waals surface area contributed by atoms with Crippen molar-refractivity contribution < 1.29 is 9.32 Å². The molecule has 2 aromatic heterocycles. The molecule has 0 aromatic carbocycles. The van der Waals surface area contributed by atoms with Crippen molar-refractivity contribution in [2.24, 2.45) is 5.92 Å². The number of nitrogens with zero attached hydrogens (tertiary/aromatic N) is 2. The summed E-state index contributed by atoms with van der Waals surface area (Å²) in [6.07, 6.45) is 8.73. The second-order valence-corrected chi connectivity index (χ2v) is 7.79. The fourth-order valence-electron chi connectivity index (χ4n) is 3.54. The fourth-order valence-corrected chi connectivity index (χ4v) is 4.41. The van der Waals surface area contributed by atoms with Gasteiger partial charge < -0.3 is 9.84 Å². The zero-order valence-electron chi connectivity index (χ0n) is 14.9. The van der Waals surface area contributed by atoms with Gasteiger partial charge in [0.05, 0.1) is 6.04 Å². The summed E-state index contributed by atoms with van der Waals surface area (Å²) in [7, 11) is 0. The van der Waals surface area contributed by atoms with E-state index in [0.29, 0.717) is 24.7 Å². The van der Waals surface area contributed by atoms with E-state index < -0.39 is 0 Å². The molecular weight excluding hydrogens is 334 g/mol. The van der Waals surface area contributed by atoms with Gasteiger partial charge in [-0.2, -0.15) is 4.98 Å². The molecule has 1 aliphatic rings. The second-order valence-electron chi connectivity index (χ2n) is 6.81. The Balaban J connectivity index is 1.48. The van der Waals surface area contributed by atoms with E-state index in [-0.39, 0.29) is 11.9 Å². The Kier molecular flexibility index (Phi) is 6.62. The smallest absolute Gasteiger partial charge is 0.226 e. The summed E-state index contributed by atoms with van der Waals surface area (Å²) in [5.41, 5.74) is 0. The van der Waals surface area contributed by atoms with Crippen LogP contribution in [0.15, 0.2) is 22.0 Å². The molecule has 1 amide bonds. The van der Waals surface area contributed by atoms with Crippen LogP contribution in [0.4, 0.5) is 0 Å². The Morgan fingerprint density at radius 3 is 2.96 bits per heavy atom. The van der Waals surface area contributed by atoms with Gasteiger partial charge in [0.15, 0.2) is 5.82 Å². The highest BCUT2D eigenvalue weighted by atomic mass is 32.1. The summed E-state index contributed by atoms with van der Waals surface area (Å²) in [5.74, 6) is 2.11. The van der Waals surface area contributed by atoms with Gasteiger partial charge in [-0.1, -0.05) is 31.0 Å². The highest BCUT2D eigenvalue weighted by Crippen LogP contribution is 2.37. The maximum atomic E-state index is 12.4. The molecule has 1 saturated carbocycles. The summed E-state index contributed by atoms with van der Waals surface area (Å²) in [4.78, 5) is 18.1. The van der Waals surface area contributed by atoms with Crippen molar-refractivity contribution in [3.05, 3.63) is 34.1 Å². The van der Waals surface area contributed by atoms with Crippen LogP contribution in [0.1, 0.15) is 74.5 Å². The first-order chi connectivity index (χ1) is 12.3. The lowest BCUT2D eigenvalue weighted by Crippen LogP contribution is -2.32. The molecule has 1 unspecified atom stereocenters. The van der Waals surface area contributed by atoms with E-state index in [1.807, 2.05) is 0 Å². The van der Waals surface area contributed by atoms with E-state index in [0.717, 1.165) is 25.1 Å². The molecule has 6 heteroatoms. The third-order valence-electron chi connectivity index (χ3n) is 4.82. The van der Waals surface area contributed by atoms with Crippen LogP contribution in [0.3, 0.4) is 0 Å². The summed E-state index contributed by atoms with van der Waals surface area (Å²) in [6.45, 7) is 2.09. The standard InChI is InChI=1S/C19H27N3O2S/c1-2-7-16-20-18(24-22-16)12-5-11-17(23)21-19(14-8-3-4-9-14)15-10-6-13-25-15/h6,10,13-14,19H,2-5,7-9,11-12H2,1H3,(H,21,23). The van der Waals surface area contributed by atoms with Crippen molar-refractivity contribution in [1.29, 1.82) is 0 Å². The van der Waals surface area contributed by atoms with Crippen LogP contribution in [0.5, 0.6) is 0 Å². The number of nitrogens with one attached hydrogen (secondary N) is 1. The molecule has 0 spiro atoms. The number of rotatable bonds is 9. The maximum Gasteiger partial charge on any atom is 0.226 e. The molecule has 2 aromatic rings. The number of hydrogen-bond acceptors (Lipinski definition) is 5. The van der Waals surface area contributed by atoms with E-state index in [9.17, 15) is 4.79 Å². The Bertz CT molecular complexity index is 647. The van der Waals surface area contributed by atoms with Crippen LogP contribution < -0.4 is 5.32 Å².